The standard InChI is InChI=1S/C11H12N4/c1-3-7-5-9-11(13-7)14-8-4-6(2)12-10(8)15-9/h4-5H,3H2,1-2H3,(H,12,15)(H,13,14). The van der Waals surface area contributed by atoms with Gasteiger partial charge in [-0.1, -0.05) is 6.92 Å². The van der Waals surface area contributed by atoms with Crippen LogP contribution in [-0.2, 0) is 6.42 Å². The quantitative estimate of drug-likeness (QED) is 0.633. The number of H-pyrrole nitrogens is 2. The Balaban J connectivity index is 2.37. The molecule has 76 valence electrons. The number of aryl methyl sites for hydroxylation is 2. The van der Waals surface area contributed by atoms with Gasteiger partial charge in [0.25, 0.3) is 0 Å². The van der Waals surface area contributed by atoms with Gasteiger partial charge in [-0.25, -0.2) is 9.97 Å². The normalized spacial score (nSPS) is 11.6. The summed E-state index contributed by atoms with van der Waals surface area (Å²) in [5, 5.41) is 0. The van der Waals surface area contributed by atoms with E-state index < -0.39 is 0 Å². The summed E-state index contributed by atoms with van der Waals surface area (Å²) in [4.78, 5) is 15.5. The summed E-state index contributed by atoms with van der Waals surface area (Å²) in [6.07, 6.45) is 0.977. The van der Waals surface area contributed by atoms with Gasteiger partial charge in [0.2, 0.25) is 0 Å². The Morgan fingerprint density at radius 1 is 1.07 bits per heavy atom. The summed E-state index contributed by atoms with van der Waals surface area (Å²) >= 11 is 0. The summed E-state index contributed by atoms with van der Waals surface area (Å²) in [5.41, 5.74) is 5.86. The minimum Gasteiger partial charge on any atom is -0.342 e. The van der Waals surface area contributed by atoms with Crippen LogP contribution in [0.25, 0.3) is 22.3 Å². The first-order valence-electron chi connectivity index (χ1n) is 5.11. The molecule has 4 heteroatoms. The number of hydrogen-bond acceptors (Lipinski definition) is 2. The van der Waals surface area contributed by atoms with Crippen molar-refractivity contribution < 1.29 is 0 Å². The van der Waals surface area contributed by atoms with E-state index >= 15 is 0 Å². The van der Waals surface area contributed by atoms with Gasteiger partial charge in [0.05, 0.1) is 0 Å². The number of nitrogens with zero attached hydrogens (tertiary/aromatic N) is 2. The molecular weight excluding hydrogens is 188 g/mol. The van der Waals surface area contributed by atoms with E-state index in [0.29, 0.717) is 0 Å². The molecule has 0 radical (unpaired) electrons. The molecule has 0 saturated carbocycles. The highest BCUT2D eigenvalue weighted by Crippen LogP contribution is 2.17. The molecule has 0 unspecified atom stereocenters. The molecule has 0 amide bonds. The number of nitrogens with one attached hydrogen (secondary N) is 2. The molecule has 4 nitrogen and oxygen atoms in total. The van der Waals surface area contributed by atoms with Gasteiger partial charge in [-0.3, -0.25) is 0 Å². The van der Waals surface area contributed by atoms with Crippen molar-refractivity contribution in [3.63, 3.8) is 0 Å². The average Bonchev–Trinajstić information content (AvgIpc) is 2.74. The molecule has 0 fully saturated rings. The third-order valence-corrected chi connectivity index (χ3v) is 2.59. The number of hydrogen-bond donors (Lipinski definition) is 2. The van der Waals surface area contributed by atoms with E-state index in [4.69, 9.17) is 0 Å². The van der Waals surface area contributed by atoms with Crippen molar-refractivity contribution >= 4 is 22.3 Å². The van der Waals surface area contributed by atoms with Crippen LogP contribution in [0.4, 0.5) is 0 Å². The van der Waals surface area contributed by atoms with Crippen LogP contribution in [0.3, 0.4) is 0 Å². The third-order valence-electron chi connectivity index (χ3n) is 2.59. The SMILES string of the molecule is CCc1cc2nc3[nH]c(C)cc3nc2[nH]1. The van der Waals surface area contributed by atoms with Crippen molar-refractivity contribution in [2.24, 2.45) is 0 Å². The van der Waals surface area contributed by atoms with E-state index in [1.165, 1.54) is 5.69 Å². The maximum absolute atomic E-state index is 4.52. The van der Waals surface area contributed by atoms with Crippen LogP contribution in [0.15, 0.2) is 12.1 Å². The van der Waals surface area contributed by atoms with Gasteiger partial charge in [0, 0.05) is 11.4 Å². The monoisotopic (exact) mass is 200 g/mol. The first-order valence-corrected chi connectivity index (χ1v) is 5.11. The Labute approximate surface area is 86.7 Å². The van der Waals surface area contributed by atoms with Gasteiger partial charge in [-0.05, 0) is 25.5 Å². The molecule has 0 aliphatic heterocycles. The second kappa shape index (κ2) is 2.82. The highest BCUT2D eigenvalue weighted by atomic mass is 15.0. The fourth-order valence-electron chi connectivity index (χ4n) is 1.82. The highest BCUT2D eigenvalue weighted by molar-refractivity contribution is 5.83. The number of rotatable bonds is 1. The first-order chi connectivity index (χ1) is 7.26. The lowest BCUT2D eigenvalue weighted by Crippen LogP contribution is -1.82. The molecule has 0 bridgehead atoms. The van der Waals surface area contributed by atoms with Crippen LogP contribution in [0.5, 0.6) is 0 Å². The minimum atomic E-state index is 0.863. The van der Waals surface area contributed by atoms with Crippen molar-refractivity contribution in [3.05, 3.63) is 23.5 Å². The van der Waals surface area contributed by atoms with Gasteiger partial charge in [0.15, 0.2) is 11.3 Å². The van der Waals surface area contributed by atoms with Crippen LogP contribution in [0.1, 0.15) is 18.3 Å². The van der Waals surface area contributed by atoms with Gasteiger partial charge in [0.1, 0.15) is 11.0 Å². The second-order valence-electron chi connectivity index (χ2n) is 3.79. The van der Waals surface area contributed by atoms with Gasteiger partial charge >= 0.3 is 0 Å². The first kappa shape index (κ1) is 8.47. The summed E-state index contributed by atoms with van der Waals surface area (Å²) in [7, 11) is 0. The largest absolute Gasteiger partial charge is 0.342 e. The molecule has 2 N–H and O–H groups in total. The predicted molar refractivity (Wildman–Crippen MR) is 59.9 cm³/mol. The zero-order valence-electron chi connectivity index (χ0n) is 8.76. The van der Waals surface area contributed by atoms with Crippen molar-refractivity contribution in [3.8, 4) is 0 Å². The molecule has 0 aliphatic rings. The molecule has 0 atom stereocenters. The molecule has 15 heavy (non-hydrogen) atoms. The molecule has 3 aromatic heterocycles. The van der Waals surface area contributed by atoms with Crippen LogP contribution >= 0.6 is 0 Å². The molecule has 3 heterocycles. The summed E-state index contributed by atoms with van der Waals surface area (Å²) in [6, 6.07) is 4.06. The number of aromatic nitrogens is 4. The molecule has 0 saturated heterocycles. The number of fused-ring (bicyclic) bond motifs is 2. The fourth-order valence-corrected chi connectivity index (χ4v) is 1.82. The maximum Gasteiger partial charge on any atom is 0.157 e. The molecule has 3 rings (SSSR count). The van der Waals surface area contributed by atoms with Crippen LogP contribution in [0.2, 0.25) is 0 Å². The summed E-state index contributed by atoms with van der Waals surface area (Å²) in [5.74, 6) is 0. The topological polar surface area (TPSA) is 57.4 Å². The van der Waals surface area contributed by atoms with E-state index in [1.54, 1.807) is 0 Å². The van der Waals surface area contributed by atoms with E-state index in [1.807, 2.05) is 13.0 Å². The zero-order valence-corrected chi connectivity index (χ0v) is 8.76. The smallest absolute Gasteiger partial charge is 0.157 e. The molecule has 0 aliphatic carbocycles. The van der Waals surface area contributed by atoms with Crippen molar-refractivity contribution in [2.45, 2.75) is 20.3 Å². The predicted octanol–water partition coefficient (Wildman–Crippen LogP) is 2.31. The fraction of sp³-hybridized carbons (Fsp3) is 0.273. The van der Waals surface area contributed by atoms with Gasteiger partial charge in [-0.2, -0.15) is 0 Å². The second-order valence-corrected chi connectivity index (χ2v) is 3.79. The Kier molecular flexibility index (Phi) is 1.59. The van der Waals surface area contributed by atoms with Crippen molar-refractivity contribution in [1.82, 2.24) is 19.9 Å². The van der Waals surface area contributed by atoms with E-state index in [0.717, 1.165) is 34.4 Å². The van der Waals surface area contributed by atoms with Gasteiger partial charge in [-0.15, -0.1) is 0 Å². The number of aromatic amines is 2. The van der Waals surface area contributed by atoms with Crippen molar-refractivity contribution in [2.75, 3.05) is 0 Å². The van der Waals surface area contributed by atoms with Crippen LogP contribution < -0.4 is 0 Å². The lowest BCUT2D eigenvalue weighted by molar-refractivity contribution is 1.07. The Bertz CT molecular complexity index is 581. The highest BCUT2D eigenvalue weighted by Gasteiger charge is 2.06. The van der Waals surface area contributed by atoms with E-state index in [-0.39, 0.29) is 0 Å². The summed E-state index contributed by atoms with van der Waals surface area (Å²) in [6.45, 7) is 4.12. The maximum atomic E-state index is 4.52. The third kappa shape index (κ3) is 1.21. The lowest BCUT2D eigenvalue weighted by atomic mass is 10.3. The Morgan fingerprint density at radius 3 is 2.47 bits per heavy atom. The van der Waals surface area contributed by atoms with Crippen LogP contribution in [0, 0.1) is 6.92 Å². The zero-order chi connectivity index (χ0) is 10.4. The summed E-state index contributed by atoms with van der Waals surface area (Å²) < 4.78 is 0. The Morgan fingerprint density at radius 2 is 1.73 bits per heavy atom. The minimum absolute atomic E-state index is 0.863. The average molecular weight is 200 g/mol. The van der Waals surface area contributed by atoms with E-state index in [2.05, 4.69) is 32.9 Å². The lowest BCUT2D eigenvalue weighted by Gasteiger charge is -1.89. The Hall–Kier alpha value is -1.84. The molecule has 0 aromatic carbocycles. The molecule has 3 aromatic rings. The molecule has 0 spiro atoms. The molecular formula is C11H12N4. The van der Waals surface area contributed by atoms with E-state index in [9.17, 15) is 0 Å². The van der Waals surface area contributed by atoms with Crippen LogP contribution in [-0.4, -0.2) is 19.9 Å². The van der Waals surface area contributed by atoms with Gasteiger partial charge < -0.3 is 9.97 Å². The van der Waals surface area contributed by atoms with Crippen molar-refractivity contribution in [1.29, 1.82) is 0 Å².